The van der Waals surface area contributed by atoms with Gasteiger partial charge in [0.15, 0.2) is 0 Å². The zero-order valence-corrected chi connectivity index (χ0v) is 13.0. The molecule has 3 atom stereocenters. The van der Waals surface area contributed by atoms with E-state index < -0.39 is 0 Å². The molecule has 1 saturated carbocycles. The van der Waals surface area contributed by atoms with Crippen molar-refractivity contribution >= 4 is 5.91 Å². The molecule has 0 saturated heterocycles. The first-order valence-corrected chi connectivity index (χ1v) is 7.60. The van der Waals surface area contributed by atoms with Gasteiger partial charge in [0.05, 0.1) is 0 Å². The smallest absolute Gasteiger partial charge is 0.223 e. The van der Waals surface area contributed by atoms with Gasteiger partial charge >= 0.3 is 0 Å². The molecule has 0 spiro atoms. The van der Waals surface area contributed by atoms with Crippen molar-refractivity contribution < 1.29 is 9.18 Å². The van der Waals surface area contributed by atoms with E-state index >= 15 is 0 Å². The van der Waals surface area contributed by atoms with Crippen LogP contribution >= 0.6 is 0 Å². The molecule has 1 amide bonds. The number of hydrogen-bond acceptors (Lipinski definition) is 2. The lowest BCUT2D eigenvalue weighted by Gasteiger charge is -2.46. The molecular weight excluding hydrogens is 267 g/mol. The minimum atomic E-state index is -0.278. The third-order valence-corrected chi connectivity index (χ3v) is 5.17. The number of rotatable bonds is 3. The van der Waals surface area contributed by atoms with Gasteiger partial charge in [-0.1, -0.05) is 32.9 Å². The molecule has 0 radical (unpaired) electrons. The second-order valence-electron chi connectivity index (χ2n) is 6.75. The molecule has 0 aromatic heterocycles. The Morgan fingerprint density at radius 3 is 2.81 bits per heavy atom. The van der Waals surface area contributed by atoms with Gasteiger partial charge in [-0.3, -0.25) is 4.79 Å². The summed E-state index contributed by atoms with van der Waals surface area (Å²) >= 11 is 0. The van der Waals surface area contributed by atoms with Crippen LogP contribution in [0.2, 0.25) is 0 Å². The van der Waals surface area contributed by atoms with Crippen molar-refractivity contribution in [2.75, 3.05) is 0 Å². The molecule has 4 heteroatoms. The number of benzene rings is 1. The highest BCUT2D eigenvalue weighted by atomic mass is 19.1. The summed E-state index contributed by atoms with van der Waals surface area (Å²) in [5.74, 6) is 0.0272. The van der Waals surface area contributed by atoms with E-state index in [0.29, 0.717) is 12.5 Å². The highest BCUT2D eigenvalue weighted by molar-refractivity contribution is 5.79. The van der Waals surface area contributed by atoms with Crippen LogP contribution < -0.4 is 11.1 Å². The van der Waals surface area contributed by atoms with Crippen molar-refractivity contribution in [3.05, 3.63) is 35.6 Å². The summed E-state index contributed by atoms with van der Waals surface area (Å²) in [5.41, 5.74) is 6.78. The molecule has 3 nitrogen and oxygen atoms in total. The molecule has 3 N–H and O–H groups in total. The van der Waals surface area contributed by atoms with E-state index in [1.165, 1.54) is 12.1 Å². The molecule has 0 bridgehead atoms. The number of halogens is 1. The summed E-state index contributed by atoms with van der Waals surface area (Å²) in [6.07, 6.45) is 1.69. The first kappa shape index (κ1) is 16.0. The zero-order valence-electron chi connectivity index (χ0n) is 13.0. The Morgan fingerprint density at radius 1 is 1.43 bits per heavy atom. The quantitative estimate of drug-likeness (QED) is 0.900. The normalized spacial score (nSPS) is 28.1. The molecule has 1 aliphatic rings. The van der Waals surface area contributed by atoms with Crippen LogP contribution in [-0.4, -0.2) is 11.9 Å². The Morgan fingerprint density at radius 2 is 2.14 bits per heavy atom. The standard InChI is InChI=1S/C17H25FN2O/c1-11-15(19)8-7-14(17(11,2)3)16(21)20-10-12-5-4-6-13(18)9-12/h4-6,9,11,14-15H,7-8,10,19H2,1-3H3,(H,20,21). The van der Waals surface area contributed by atoms with Crippen molar-refractivity contribution in [1.82, 2.24) is 5.32 Å². The van der Waals surface area contributed by atoms with Crippen molar-refractivity contribution in [2.45, 2.75) is 46.2 Å². The van der Waals surface area contributed by atoms with Crippen molar-refractivity contribution in [3.63, 3.8) is 0 Å². The van der Waals surface area contributed by atoms with E-state index in [4.69, 9.17) is 5.73 Å². The minimum absolute atomic E-state index is 0.0409. The van der Waals surface area contributed by atoms with E-state index in [-0.39, 0.29) is 29.1 Å². The molecule has 1 aromatic rings. The molecule has 1 aliphatic carbocycles. The van der Waals surface area contributed by atoms with Gasteiger partial charge in [-0.15, -0.1) is 0 Å². The highest BCUT2D eigenvalue weighted by Crippen LogP contribution is 2.44. The summed E-state index contributed by atoms with van der Waals surface area (Å²) in [5, 5.41) is 2.94. The third kappa shape index (κ3) is 3.43. The van der Waals surface area contributed by atoms with Crippen LogP contribution in [0.5, 0.6) is 0 Å². The second kappa shape index (κ2) is 6.14. The Bertz CT molecular complexity index is 515. The summed E-state index contributed by atoms with van der Waals surface area (Å²) in [4.78, 5) is 12.5. The lowest BCUT2D eigenvalue weighted by Crippen LogP contribution is -2.51. The Kier molecular flexibility index (Phi) is 4.67. The summed E-state index contributed by atoms with van der Waals surface area (Å²) in [6, 6.07) is 6.48. The van der Waals surface area contributed by atoms with Crippen LogP contribution in [0.15, 0.2) is 24.3 Å². The maximum Gasteiger partial charge on any atom is 0.223 e. The Balaban J connectivity index is 2.00. The van der Waals surface area contributed by atoms with Gasteiger partial charge in [-0.25, -0.2) is 4.39 Å². The van der Waals surface area contributed by atoms with Gasteiger partial charge in [0.2, 0.25) is 5.91 Å². The molecule has 1 aromatic carbocycles. The molecule has 116 valence electrons. The van der Waals surface area contributed by atoms with Crippen LogP contribution in [0.1, 0.15) is 39.2 Å². The van der Waals surface area contributed by atoms with Crippen molar-refractivity contribution in [1.29, 1.82) is 0 Å². The highest BCUT2D eigenvalue weighted by Gasteiger charge is 2.44. The number of carbonyl (C=O) groups is 1. The fraction of sp³-hybridized carbons (Fsp3) is 0.588. The summed E-state index contributed by atoms with van der Waals surface area (Å²) in [6.45, 7) is 6.71. The predicted octanol–water partition coefficient (Wildman–Crippen LogP) is 2.84. The van der Waals surface area contributed by atoms with Gasteiger partial charge in [-0.05, 0) is 41.9 Å². The largest absolute Gasteiger partial charge is 0.352 e. The molecule has 2 rings (SSSR count). The van der Waals surface area contributed by atoms with Gasteiger partial charge < -0.3 is 11.1 Å². The maximum atomic E-state index is 13.1. The van der Waals surface area contributed by atoms with Crippen LogP contribution in [0.3, 0.4) is 0 Å². The average Bonchev–Trinajstić information content (AvgIpc) is 2.42. The fourth-order valence-electron chi connectivity index (χ4n) is 3.28. The predicted molar refractivity (Wildman–Crippen MR) is 81.9 cm³/mol. The Labute approximate surface area is 126 Å². The van der Waals surface area contributed by atoms with Gasteiger partial charge in [0.25, 0.3) is 0 Å². The van der Waals surface area contributed by atoms with Gasteiger partial charge in [-0.2, -0.15) is 0 Å². The topological polar surface area (TPSA) is 55.1 Å². The van der Waals surface area contributed by atoms with E-state index in [0.717, 1.165) is 18.4 Å². The number of hydrogen-bond donors (Lipinski definition) is 2. The first-order valence-electron chi connectivity index (χ1n) is 7.60. The lowest BCUT2D eigenvalue weighted by atomic mass is 9.61. The van der Waals surface area contributed by atoms with E-state index in [1.54, 1.807) is 6.07 Å². The molecular formula is C17H25FN2O. The SMILES string of the molecule is CC1C(N)CCC(C(=O)NCc2cccc(F)c2)C1(C)C. The van der Waals surface area contributed by atoms with Crippen LogP contribution in [0.25, 0.3) is 0 Å². The maximum absolute atomic E-state index is 13.1. The van der Waals surface area contributed by atoms with Crippen LogP contribution in [0, 0.1) is 23.1 Å². The third-order valence-electron chi connectivity index (χ3n) is 5.17. The summed E-state index contributed by atoms with van der Waals surface area (Å²) < 4.78 is 13.1. The number of nitrogens with two attached hydrogens (primary N) is 1. The molecule has 1 fully saturated rings. The minimum Gasteiger partial charge on any atom is -0.352 e. The molecule has 0 aliphatic heterocycles. The van der Waals surface area contributed by atoms with Gasteiger partial charge in [0, 0.05) is 18.5 Å². The van der Waals surface area contributed by atoms with Gasteiger partial charge in [0.1, 0.15) is 5.82 Å². The summed E-state index contributed by atoms with van der Waals surface area (Å²) in [7, 11) is 0. The van der Waals surface area contributed by atoms with E-state index in [9.17, 15) is 9.18 Å². The number of nitrogens with one attached hydrogen (secondary N) is 1. The fourth-order valence-corrected chi connectivity index (χ4v) is 3.28. The Hall–Kier alpha value is -1.42. The number of carbonyl (C=O) groups excluding carboxylic acids is 1. The van der Waals surface area contributed by atoms with Crippen molar-refractivity contribution in [2.24, 2.45) is 23.0 Å². The molecule has 21 heavy (non-hydrogen) atoms. The van der Waals surface area contributed by atoms with Crippen molar-refractivity contribution in [3.8, 4) is 0 Å². The monoisotopic (exact) mass is 292 g/mol. The zero-order chi connectivity index (χ0) is 15.6. The molecule has 0 heterocycles. The van der Waals surface area contributed by atoms with Crippen LogP contribution in [0.4, 0.5) is 4.39 Å². The van der Waals surface area contributed by atoms with E-state index in [2.05, 4.69) is 26.1 Å². The lowest BCUT2D eigenvalue weighted by molar-refractivity contribution is -0.132. The first-order chi connectivity index (χ1) is 9.82. The van der Waals surface area contributed by atoms with E-state index in [1.807, 2.05) is 6.07 Å². The van der Waals surface area contributed by atoms with Crippen LogP contribution in [-0.2, 0) is 11.3 Å². The second-order valence-corrected chi connectivity index (χ2v) is 6.75. The molecule has 3 unspecified atom stereocenters. The average molecular weight is 292 g/mol. The number of amides is 1.